The van der Waals surface area contributed by atoms with Crippen molar-refractivity contribution >= 4 is 11.9 Å². The van der Waals surface area contributed by atoms with E-state index in [0.29, 0.717) is 17.8 Å². The second kappa shape index (κ2) is 7.28. The predicted molar refractivity (Wildman–Crippen MR) is 69.1 cm³/mol. The van der Waals surface area contributed by atoms with Crippen molar-refractivity contribution in [2.75, 3.05) is 0 Å². The summed E-state index contributed by atoms with van der Waals surface area (Å²) in [4.78, 5) is 31.4. The lowest BCUT2D eigenvalue weighted by molar-refractivity contribution is -0.311. The molecule has 0 saturated heterocycles. The fraction of sp³-hybridized carbons (Fsp3) is 0.714. The lowest BCUT2D eigenvalue weighted by Crippen LogP contribution is -2.34. The van der Waals surface area contributed by atoms with Gasteiger partial charge in [0.1, 0.15) is 6.10 Å². The fourth-order valence-electron chi connectivity index (χ4n) is 2.50. The molecule has 1 N–H and O–H groups in total. The summed E-state index contributed by atoms with van der Waals surface area (Å²) in [7, 11) is 0. The van der Waals surface area contributed by atoms with Gasteiger partial charge >= 0.3 is 11.9 Å². The zero-order valence-electron chi connectivity index (χ0n) is 11.7. The highest BCUT2D eigenvalue weighted by Crippen LogP contribution is 2.35. The molecule has 0 aliphatic heterocycles. The van der Waals surface area contributed by atoms with Crippen LogP contribution in [0.4, 0.5) is 0 Å². The average molecular weight is 270 g/mol. The summed E-state index contributed by atoms with van der Waals surface area (Å²) in [5.74, 6) is -0.599. The first kappa shape index (κ1) is 15.7. The lowest BCUT2D eigenvalue weighted by Gasteiger charge is -2.35. The maximum Gasteiger partial charge on any atom is 0.366 e. The Labute approximate surface area is 113 Å². The number of carboxylic acids is 1. The van der Waals surface area contributed by atoms with E-state index in [0.717, 1.165) is 31.4 Å². The second-order valence-corrected chi connectivity index (χ2v) is 5.53. The second-order valence-electron chi connectivity index (χ2n) is 5.53. The highest BCUT2D eigenvalue weighted by molar-refractivity contribution is 5.90. The predicted octanol–water partition coefficient (Wildman–Crippen LogP) is 2.56. The molecule has 0 aromatic heterocycles. The Bertz CT molecular complexity index is 348. The van der Waals surface area contributed by atoms with E-state index in [1.165, 1.54) is 0 Å². The maximum absolute atomic E-state index is 11.3. The van der Waals surface area contributed by atoms with Crippen LogP contribution in [-0.4, -0.2) is 23.1 Å². The third-order valence-corrected chi connectivity index (χ3v) is 3.58. The minimum atomic E-state index is -1.19. The Kier molecular flexibility index (Phi) is 6.02. The molecule has 1 saturated carbocycles. The van der Waals surface area contributed by atoms with Crippen molar-refractivity contribution in [2.24, 2.45) is 17.8 Å². The summed E-state index contributed by atoms with van der Waals surface area (Å²) in [6.45, 7) is 6.41. The number of rotatable bonds is 5. The van der Waals surface area contributed by atoms with Gasteiger partial charge in [-0.05, 0) is 30.6 Å². The Morgan fingerprint density at radius 1 is 1.26 bits per heavy atom. The standard InChI is InChI=1S/C14H22O5/c1-9(2)11-5-4-10(3)8-12(11)18-19-14(17)7-6-13(15)16/h6-7,9-12H,4-5,8H2,1-3H3,(H,15,16)/b7-6-. The molecule has 0 aromatic carbocycles. The van der Waals surface area contributed by atoms with Gasteiger partial charge in [0, 0.05) is 12.2 Å². The van der Waals surface area contributed by atoms with Gasteiger partial charge in [0.15, 0.2) is 0 Å². The van der Waals surface area contributed by atoms with E-state index in [-0.39, 0.29) is 6.10 Å². The molecular formula is C14H22O5. The first-order chi connectivity index (χ1) is 8.90. The normalized spacial score (nSPS) is 27.7. The molecule has 1 fully saturated rings. The molecule has 1 aliphatic carbocycles. The molecule has 3 atom stereocenters. The summed E-state index contributed by atoms with van der Waals surface area (Å²) in [5.41, 5.74) is 0. The van der Waals surface area contributed by atoms with Crippen LogP contribution in [0.3, 0.4) is 0 Å². The van der Waals surface area contributed by atoms with Crippen LogP contribution >= 0.6 is 0 Å². The van der Waals surface area contributed by atoms with Crippen LogP contribution in [-0.2, 0) is 19.4 Å². The SMILES string of the molecule is CC1CCC(C(C)C)C(OOC(=O)/C=C\C(=O)O)C1. The number of carboxylic acid groups (broad SMARTS) is 1. The zero-order chi connectivity index (χ0) is 14.4. The number of hydrogen-bond donors (Lipinski definition) is 1. The van der Waals surface area contributed by atoms with Crippen LogP contribution in [0.5, 0.6) is 0 Å². The Morgan fingerprint density at radius 3 is 2.53 bits per heavy atom. The van der Waals surface area contributed by atoms with Gasteiger partial charge in [-0.1, -0.05) is 27.2 Å². The maximum atomic E-state index is 11.3. The molecule has 0 bridgehead atoms. The number of hydrogen-bond acceptors (Lipinski definition) is 4. The molecule has 0 aromatic rings. The van der Waals surface area contributed by atoms with Gasteiger partial charge in [0.2, 0.25) is 0 Å². The van der Waals surface area contributed by atoms with Gasteiger partial charge in [-0.2, -0.15) is 4.89 Å². The van der Waals surface area contributed by atoms with E-state index in [9.17, 15) is 9.59 Å². The van der Waals surface area contributed by atoms with Gasteiger partial charge in [0.05, 0.1) is 0 Å². The Morgan fingerprint density at radius 2 is 1.95 bits per heavy atom. The van der Waals surface area contributed by atoms with Gasteiger partial charge in [0.25, 0.3) is 0 Å². The molecule has 0 radical (unpaired) electrons. The molecule has 5 heteroatoms. The summed E-state index contributed by atoms with van der Waals surface area (Å²) in [6.07, 6.45) is 4.56. The molecule has 1 rings (SSSR count). The van der Waals surface area contributed by atoms with Crippen LogP contribution < -0.4 is 0 Å². The molecule has 0 heterocycles. The van der Waals surface area contributed by atoms with Crippen LogP contribution in [0.1, 0.15) is 40.0 Å². The summed E-state index contributed by atoms with van der Waals surface area (Å²) in [5, 5.41) is 8.39. The summed E-state index contributed by atoms with van der Waals surface area (Å²) >= 11 is 0. The largest absolute Gasteiger partial charge is 0.478 e. The summed E-state index contributed by atoms with van der Waals surface area (Å²) in [6, 6.07) is 0. The third kappa shape index (κ3) is 5.42. The van der Waals surface area contributed by atoms with Gasteiger partial charge in [-0.15, -0.1) is 0 Å². The zero-order valence-corrected chi connectivity index (χ0v) is 11.7. The molecule has 3 unspecified atom stereocenters. The highest BCUT2D eigenvalue weighted by atomic mass is 17.2. The third-order valence-electron chi connectivity index (χ3n) is 3.58. The van der Waals surface area contributed by atoms with E-state index in [1.54, 1.807) is 0 Å². The molecule has 5 nitrogen and oxygen atoms in total. The highest BCUT2D eigenvalue weighted by Gasteiger charge is 2.33. The van der Waals surface area contributed by atoms with Crippen LogP contribution in [0.2, 0.25) is 0 Å². The van der Waals surface area contributed by atoms with Crippen molar-refractivity contribution in [3.8, 4) is 0 Å². The Hall–Kier alpha value is -1.36. The number of aliphatic carboxylic acids is 1. The van der Waals surface area contributed by atoms with E-state index in [4.69, 9.17) is 9.99 Å². The van der Waals surface area contributed by atoms with Crippen molar-refractivity contribution in [1.82, 2.24) is 0 Å². The topological polar surface area (TPSA) is 72.8 Å². The monoisotopic (exact) mass is 270 g/mol. The average Bonchev–Trinajstić information content (AvgIpc) is 2.33. The van der Waals surface area contributed by atoms with Gasteiger partial charge in [-0.25, -0.2) is 9.59 Å². The molecule has 108 valence electrons. The van der Waals surface area contributed by atoms with Gasteiger partial charge < -0.3 is 5.11 Å². The molecule has 1 aliphatic rings. The lowest BCUT2D eigenvalue weighted by atomic mass is 9.75. The first-order valence-electron chi connectivity index (χ1n) is 6.68. The molecule has 0 spiro atoms. The summed E-state index contributed by atoms with van der Waals surface area (Å²) < 4.78 is 0. The van der Waals surface area contributed by atoms with Crippen LogP contribution in [0, 0.1) is 17.8 Å². The van der Waals surface area contributed by atoms with E-state index in [1.807, 2.05) is 0 Å². The van der Waals surface area contributed by atoms with Crippen molar-refractivity contribution in [1.29, 1.82) is 0 Å². The fourth-order valence-corrected chi connectivity index (χ4v) is 2.50. The van der Waals surface area contributed by atoms with E-state index in [2.05, 4.69) is 25.7 Å². The van der Waals surface area contributed by atoms with Crippen molar-refractivity contribution in [3.63, 3.8) is 0 Å². The van der Waals surface area contributed by atoms with Gasteiger partial charge in [-0.3, -0.25) is 4.89 Å². The van der Waals surface area contributed by atoms with Crippen LogP contribution in [0.15, 0.2) is 12.2 Å². The van der Waals surface area contributed by atoms with Crippen molar-refractivity contribution in [3.05, 3.63) is 12.2 Å². The van der Waals surface area contributed by atoms with Crippen molar-refractivity contribution < 1.29 is 24.5 Å². The minimum Gasteiger partial charge on any atom is -0.478 e. The number of carbonyl (C=O) groups excluding carboxylic acids is 1. The van der Waals surface area contributed by atoms with E-state index < -0.39 is 11.9 Å². The number of carbonyl (C=O) groups is 2. The first-order valence-corrected chi connectivity index (χ1v) is 6.68. The smallest absolute Gasteiger partial charge is 0.366 e. The van der Waals surface area contributed by atoms with Crippen molar-refractivity contribution in [2.45, 2.75) is 46.1 Å². The molecule has 0 amide bonds. The Balaban J connectivity index is 2.48. The molecular weight excluding hydrogens is 248 g/mol. The quantitative estimate of drug-likeness (QED) is 0.472. The van der Waals surface area contributed by atoms with E-state index >= 15 is 0 Å². The van der Waals surface area contributed by atoms with Crippen LogP contribution in [0.25, 0.3) is 0 Å². The minimum absolute atomic E-state index is 0.106. The molecule has 19 heavy (non-hydrogen) atoms.